The van der Waals surface area contributed by atoms with Crippen molar-refractivity contribution in [3.05, 3.63) is 23.8 Å². The standard InChI is InChI=1S/C7H11N3.H2/c1-5-2-3-6(8)7(4-5)10-9;/h2-4,10H,8-9H2,1H3;1H. The average Bonchev–Trinajstić information content (AvgIpc) is 1.94. The summed E-state index contributed by atoms with van der Waals surface area (Å²) in [5.74, 6) is 5.19. The molecule has 0 bridgehead atoms. The van der Waals surface area contributed by atoms with E-state index in [2.05, 4.69) is 5.43 Å². The number of hydrogen-bond acceptors (Lipinski definition) is 3. The van der Waals surface area contributed by atoms with E-state index in [1.165, 1.54) is 0 Å². The van der Waals surface area contributed by atoms with Crippen LogP contribution in [-0.4, -0.2) is 0 Å². The number of benzene rings is 1. The molecule has 0 amide bonds. The van der Waals surface area contributed by atoms with E-state index in [-0.39, 0.29) is 1.43 Å². The van der Waals surface area contributed by atoms with Gasteiger partial charge >= 0.3 is 0 Å². The van der Waals surface area contributed by atoms with Crippen molar-refractivity contribution in [3.63, 3.8) is 0 Å². The van der Waals surface area contributed by atoms with Crippen LogP contribution >= 0.6 is 0 Å². The summed E-state index contributed by atoms with van der Waals surface area (Å²) in [6.45, 7) is 1.99. The Morgan fingerprint density at radius 3 is 2.70 bits per heavy atom. The average molecular weight is 139 g/mol. The molecular formula is C7H13N3. The Labute approximate surface area is 61.5 Å². The maximum absolute atomic E-state index is 5.56. The molecular weight excluding hydrogens is 126 g/mol. The van der Waals surface area contributed by atoms with Crippen LogP contribution in [0.15, 0.2) is 18.2 Å². The van der Waals surface area contributed by atoms with Crippen LogP contribution in [0.3, 0.4) is 0 Å². The van der Waals surface area contributed by atoms with E-state index in [0.717, 1.165) is 11.3 Å². The number of aryl methyl sites for hydroxylation is 1. The highest BCUT2D eigenvalue weighted by Gasteiger charge is 1.94. The molecule has 5 N–H and O–H groups in total. The van der Waals surface area contributed by atoms with Gasteiger partial charge in [0.1, 0.15) is 0 Å². The second kappa shape index (κ2) is 2.58. The molecule has 3 heteroatoms. The number of hydrazine groups is 1. The summed E-state index contributed by atoms with van der Waals surface area (Å²) in [5, 5.41) is 0. The summed E-state index contributed by atoms with van der Waals surface area (Å²) in [7, 11) is 0. The number of nitrogen functional groups attached to an aromatic ring is 2. The summed E-state index contributed by atoms with van der Waals surface area (Å²) in [5.41, 5.74) is 10.7. The lowest BCUT2D eigenvalue weighted by Crippen LogP contribution is -2.08. The third-order valence-electron chi connectivity index (χ3n) is 1.36. The minimum atomic E-state index is 0. The predicted octanol–water partition coefficient (Wildman–Crippen LogP) is 1.11. The zero-order valence-electron chi connectivity index (χ0n) is 5.89. The first-order valence-corrected chi connectivity index (χ1v) is 3.07. The summed E-state index contributed by atoms with van der Waals surface area (Å²) in [6.07, 6.45) is 0. The molecule has 0 atom stereocenters. The zero-order valence-corrected chi connectivity index (χ0v) is 5.89. The van der Waals surface area contributed by atoms with Crippen LogP contribution in [0, 0.1) is 6.92 Å². The van der Waals surface area contributed by atoms with Gasteiger partial charge in [-0.15, -0.1) is 0 Å². The lowest BCUT2D eigenvalue weighted by Gasteiger charge is -2.03. The third-order valence-corrected chi connectivity index (χ3v) is 1.36. The number of anilines is 2. The van der Waals surface area contributed by atoms with Gasteiger partial charge in [-0.05, 0) is 24.6 Å². The fraction of sp³-hybridized carbons (Fsp3) is 0.143. The van der Waals surface area contributed by atoms with Gasteiger partial charge in [0.15, 0.2) is 0 Å². The molecule has 0 aliphatic heterocycles. The van der Waals surface area contributed by atoms with E-state index in [9.17, 15) is 0 Å². The summed E-state index contributed by atoms with van der Waals surface area (Å²) < 4.78 is 0. The highest BCUT2D eigenvalue weighted by atomic mass is 15.2. The van der Waals surface area contributed by atoms with E-state index in [1.807, 2.05) is 25.1 Å². The molecule has 3 nitrogen and oxygen atoms in total. The van der Waals surface area contributed by atoms with Gasteiger partial charge < -0.3 is 11.2 Å². The molecule has 0 fully saturated rings. The van der Waals surface area contributed by atoms with E-state index in [0.29, 0.717) is 5.69 Å². The van der Waals surface area contributed by atoms with Crippen molar-refractivity contribution >= 4 is 11.4 Å². The lowest BCUT2D eigenvalue weighted by atomic mass is 10.2. The van der Waals surface area contributed by atoms with Gasteiger partial charge in [0, 0.05) is 1.43 Å². The first-order valence-electron chi connectivity index (χ1n) is 3.07. The Balaban J connectivity index is 0.000001000. The van der Waals surface area contributed by atoms with E-state index in [1.54, 1.807) is 0 Å². The van der Waals surface area contributed by atoms with Gasteiger partial charge in [0.25, 0.3) is 0 Å². The number of nitrogens with one attached hydrogen (secondary N) is 1. The van der Waals surface area contributed by atoms with Gasteiger partial charge in [-0.1, -0.05) is 6.07 Å². The number of rotatable bonds is 1. The van der Waals surface area contributed by atoms with E-state index >= 15 is 0 Å². The molecule has 0 saturated heterocycles. The fourth-order valence-corrected chi connectivity index (χ4v) is 0.795. The van der Waals surface area contributed by atoms with Crippen LogP contribution in [-0.2, 0) is 0 Å². The van der Waals surface area contributed by atoms with E-state index in [4.69, 9.17) is 11.6 Å². The molecule has 0 heterocycles. The second-order valence-corrected chi connectivity index (χ2v) is 2.24. The quantitative estimate of drug-likeness (QED) is 0.310. The van der Waals surface area contributed by atoms with Crippen molar-refractivity contribution in [3.8, 4) is 0 Å². The Morgan fingerprint density at radius 1 is 1.50 bits per heavy atom. The van der Waals surface area contributed by atoms with Crippen molar-refractivity contribution in [2.75, 3.05) is 11.2 Å². The monoisotopic (exact) mass is 139 g/mol. The molecule has 0 aliphatic rings. The van der Waals surface area contributed by atoms with Crippen molar-refractivity contribution in [1.82, 2.24) is 0 Å². The first kappa shape index (κ1) is 6.89. The Bertz CT molecular complexity index is 237. The molecule has 10 heavy (non-hydrogen) atoms. The maximum Gasteiger partial charge on any atom is 0.0718 e. The molecule has 0 aromatic heterocycles. The Kier molecular flexibility index (Phi) is 1.78. The van der Waals surface area contributed by atoms with Gasteiger partial charge in [0.05, 0.1) is 11.4 Å². The number of nitrogens with two attached hydrogens (primary N) is 2. The van der Waals surface area contributed by atoms with Crippen LogP contribution < -0.4 is 17.0 Å². The normalized spacial score (nSPS) is 9.40. The Morgan fingerprint density at radius 2 is 2.20 bits per heavy atom. The topological polar surface area (TPSA) is 64.1 Å². The summed E-state index contributed by atoms with van der Waals surface area (Å²) in [4.78, 5) is 0. The van der Waals surface area contributed by atoms with Crippen LogP contribution in [0.1, 0.15) is 6.99 Å². The van der Waals surface area contributed by atoms with Crippen molar-refractivity contribution in [2.45, 2.75) is 6.92 Å². The molecule has 1 rings (SSSR count). The summed E-state index contributed by atoms with van der Waals surface area (Å²) >= 11 is 0. The molecule has 56 valence electrons. The zero-order chi connectivity index (χ0) is 7.56. The maximum atomic E-state index is 5.56. The fourth-order valence-electron chi connectivity index (χ4n) is 0.795. The SMILES string of the molecule is Cc1ccc(N)c(NN)c1.[HH]. The van der Waals surface area contributed by atoms with Crippen LogP contribution in [0.5, 0.6) is 0 Å². The molecule has 0 unspecified atom stereocenters. The van der Waals surface area contributed by atoms with Crippen LogP contribution in [0.2, 0.25) is 0 Å². The van der Waals surface area contributed by atoms with Gasteiger partial charge in [-0.2, -0.15) is 0 Å². The van der Waals surface area contributed by atoms with Gasteiger partial charge in [0.2, 0.25) is 0 Å². The van der Waals surface area contributed by atoms with Crippen molar-refractivity contribution in [1.29, 1.82) is 0 Å². The molecule has 1 aromatic rings. The van der Waals surface area contributed by atoms with Crippen LogP contribution in [0.25, 0.3) is 0 Å². The third kappa shape index (κ3) is 1.19. The first-order chi connectivity index (χ1) is 4.74. The summed E-state index contributed by atoms with van der Waals surface area (Å²) in [6, 6.07) is 5.66. The van der Waals surface area contributed by atoms with Gasteiger partial charge in [-0.3, -0.25) is 5.84 Å². The molecule has 0 saturated carbocycles. The van der Waals surface area contributed by atoms with E-state index < -0.39 is 0 Å². The minimum Gasteiger partial charge on any atom is -0.397 e. The highest BCUT2D eigenvalue weighted by Crippen LogP contribution is 2.17. The van der Waals surface area contributed by atoms with Crippen LogP contribution in [0.4, 0.5) is 11.4 Å². The number of hydrogen-bond donors (Lipinski definition) is 3. The second-order valence-electron chi connectivity index (χ2n) is 2.24. The van der Waals surface area contributed by atoms with Gasteiger partial charge in [-0.25, -0.2) is 0 Å². The molecule has 1 aromatic carbocycles. The molecule has 0 aliphatic carbocycles. The minimum absolute atomic E-state index is 0. The smallest absolute Gasteiger partial charge is 0.0718 e. The van der Waals surface area contributed by atoms with Crippen molar-refractivity contribution in [2.24, 2.45) is 5.84 Å². The Hall–Kier alpha value is -1.22. The largest absolute Gasteiger partial charge is 0.397 e. The highest BCUT2D eigenvalue weighted by molar-refractivity contribution is 5.66. The molecule has 0 radical (unpaired) electrons. The lowest BCUT2D eigenvalue weighted by molar-refractivity contribution is 1.33. The molecule has 0 spiro atoms. The predicted molar refractivity (Wildman–Crippen MR) is 45.5 cm³/mol. The van der Waals surface area contributed by atoms with Crippen molar-refractivity contribution < 1.29 is 1.43 Å².